The topological polar surface area (TPSA) is 85.1 Å². The highest BCUT2D eigenvalue weighted by molar-refractivity contribution is 7.15. The number of hydrogen-bond acceptors (Lipinski definition) is 6. The lowest BCUT2D eigenvalue weighted by molar-refractivity contribution is -0.111. The molecule has 0 unspecified atom stereocenters. The summed E-state index contributed by atoms with van der Waals surface area (Å²) in [5.74, 6) is -0.125. The van der Waals surface area contributed by atoms with Gasteiger partial charge in [-0.1, -0.05) is 36.8 Å². The van der Waals surface area contributed by atoms with Crippen molar-refractivity contribution in [2.75, 3.05) is 5.32 Å². The molecule has 7 heteroatoms. The van der Waals surface area contributed by atoms with E-state index in [4.69, 9.17) is 4.42 Å². The van der Waals surface area contributed by atoms with Crippen LogP contribution in [0.25, 0.3) is 17.0 Å². The van der Waals surface area contributed by atoms with E-state index in [2.05, 4.69) is 15.5 Å². The molecule has 0 atom stereocenters. The molecule has 2 heterocycles. The van der Waals surface area contributed by atoms with E-state index < -0.39 is 0 Å². The second-order valence-electron chi connectivity index (χ2n) is 5.94. The van der Waals surface area contributed by atoms with E-state index in [1.807, 2.05) is 26.8 Å². The van der Waals surface area contributed by atoms with Crippen molar-refractivity contribution < 1.29 is 9.21 Å². The maximum atomic E-state index is 12.5. The summed E-state index contributed by atoms with van der Waals surface area (Å²) in [7, 11) is 0. The molecular formula is C18H17N3O3S. The van der Waals surface area contributed by atoms with Crippen LogP contribution in [0, 0.1) is 6.92 Å². The average molecular weight is 355 g/mol. The number of amides is 1. The summed E-state index contributed by atoms with van der Waals surface area (Å²) in [6, 6.07) is 5.41. The van der Waals surface area contributed by atoms with Crippen LogP contribution in [0.15, 0.2) is 39.7 Å². The maximum Gasteiger partial charge on any atom is 0.250 e. The van der Waals surface area contributed by atoms with Crippen LogP contribution in [0.5, 0.6) is 0 Å². The third-order valence-electron chi connectivity index (χ3n) is 3.53. The number of rotatable bonds is 4. The second-order valence-corrected chi connectivity index (χ2v) is 6.95. The molecule has 1 aromatic carbocycles. The van der Waals surface area contributed by atoms with Crippen molar-refractivity contribution in [3.63, 3.8) is 0 Å². The molecule has 25 heavy (non-hydrogen) atoms. The fraction of sp³-hybridized carbons (Fsp3) is 0.222. The van der Waals surface area contributed by atoms with Crippen LogP contribution in [0.3, 0.4) is 0 Å². The SMILES string of the molecule is Cc1ccc2occ(/C=C/C(=O)Nc3nnc(C(C)C)s3)c(=O)c2c1. The Morgan fingerprint density at radius 1 is 1.32 bits per heavy atom. The molecule has 1 amide bonds. The summed E-state index contributed by atoms with van der Waals surface area (Å²) in [6.45, 7) is 5.92. The number of fused-ring (bicyclic) bond motifs is 1. The van der Waals surface area contributed by atoms with Gasteiger partial charge in [-0.05, 0) is 25.1 Å². The van der Waals surface area contributed by atoms with Crippen LogP contribution in [0.4, 0.5) is 5.13 Å². The standard InChI is InChI=1S/C18H17N3O3S/c1-10(2)17-20-21-18(25-17)19-15(22)7-5-12-9-24-14-6-4-11(3)8-13(14)16(12)23/h4-10H,1-3H3,(H,19,21,22)/b7-5+. The average Bonchev–Trinajstić information content (AvgIpc) is 3.03. The van der Waals surface area contributed by atoms with Gasteiger partial charge in [0.25, 0.3) is 0 Å². The van der Waals surface area contributed by atoms with Crippen LogP contribution >= 0.6 is 11.3 Å². The predicted molar refractivity (Wildman–Crippen MR) is 98.9 cm³/mol. The lowest BCUT2D eigenvalue weighted by Gasteiger charge is -2.00. The highest BCUT2D eigenvalue weighted by atomic mass is 32.1. The number of benzene rings is 1. The van der Waals surface area contributed by atoms with Gasteiger partial charge in [0.05, 0.1) is 10.9 Å². The van der Waals surface area contributed by atoms with Crippen molar-refractivity contribution in [2.45, 2.75) is 26.7 Å². The number of carbonyl (C=O) groups excluding carboxylic acids is 1. The lowest BCUT2D eigenvalue weighted by atomic mass is 10.1. The summed E-state index contributed by atoms with van der Waals surface area (Å²) in [4.78, 5) is 24.5. The van der Waals surface area contributed by atoms with Crippen LogP contribution in [0.2, 0.25) is 0 Å². The second kappa shape index (κ2) is 6.98. The first-order valence-electron chi connectivity index (χ1n) is 7.78. The Hall–Kier alpha value is -2.80. The first-order valence-corrected chi connectivity index (χ1v) is 8.60. The number of nitrogens with one attached hydrogen (secondary N) is 1. The Labute approximate surface area is 148 Å². The van der Waals surface area contributed by atoms with E-state index in [-0.39, 0.29) is 17.3 Å². The Balaban J connectivity index is 1.79. The monoisotopic (exact) mass is 355 g/mol. The molecule has 0 aliphatic heterocycles. The fourth-order valence-electron chi connectivity index (χ4n) is 2.21. The van der Waals surface area contributed by atoms with Gasteiger partial charge in [0.15, 0.2) is 5.43 Å². The molecular weight excluding hydrogens is 338 g/mol. The Kier molecular flexibility index (Phi) is 4.76. The quantitative estimate of drug-likeness (QED) is 0.721. The van der Waals surface area contributed by atoms with Crippen molar-refractivity contribution in [1.82, 2.24) is 10.2 Å². The van der Waals surface area contributed by atoms with E-state index in [1.54, 1.807) is 12.1 Å². The van der Waals surface area contributed by atoms with Gasteiger partial charge < -0.3 is 4.42 Å². The van der Waals surface area contributed by atoms with Crippen molar-refractivity contribution in [3.8, 4) is 0 Å². The smallest absolute Gasteiger partial charge is 0.250 e. The molecule has 0 aliphatic rings. The first-order chi connectivity index (χ1) is 11.9. The van der Waals surface area contributed by atoms with Crippen molar-refractivity contribution in [2.24, 2.45) is 0 Å². The maximum absolute atomic E-state index is 12.5. The van der Waals surface area contributed by atoms with Crippen molar-refractivity contribution in [3.05, 3.63) is 56.9 Å². The van der Waals surface area contributed by atoms with Gasteiger partial charge in [-0.2, -0.15) is 0 Å². The van der Waals surface area contributed by atoms with Crippen molar-refractivity contribution in [1.29, 1.82) is 0 Å². The molecule has 0 spiro atoms. The minimum absolute atomic E-state index is 0.174. The largest absolute Gasteiger partial charge is 0.463 e. The molecule has 6 nitrogen and oxygen atoms in total. The predicted octanol–water partition coefficient (Wildman–Crippen LogP) is 3.73. The summed E-state index contributed by atoms with van der Waals surface area (Å²) < 4.78 is 5.46. The lowest BCUT2D eigenvalue weighted by Crippen LogP contribution is -2.09. The third-order valence-corrected chi connectivity index (χ3v) is 4.67. The van der Waals surface area contributed by atoms with Gasteiger partial charge in [0.2, 0.25) is 11.0 Å². The molecule has 0 bridgehead atoms. The van der Waals surface area contributed by atoms with E-state index in [0.29, 0.717) is 21.7 Å². The molecule has 0 aliphatic carbocycles. The summed E-state index contributed by atoms with van der Waals surface area (Å²) >= 11 is 1.33. The summed E-state index contributed by atoms with van der Waals surface area (Å²) in [5, 5.41) is 12.3. The molecule has 0 saturated carbocycles. The van der Waals surface area contributed by atoms with Crippen LogP contribution in [0.1, 0.15) is 35.9 Å². The highest BCUT2D eigenvalue weighted by Gasteiger charge is 2.09. The van der Waals surface area contributed by atoms with Gasteiger partial charge >= 0.3 is 0 Å². The minimum atomic E-state index is -0.379. The Morgan fingerprint density at radius 2 is 2.12 bits per heavy atom. The minimum Gasteiger partial charge on any atom is -0.463 e. The number of hydrogen-bond donors (Lipinski definition) is 1. The van der Waals surface area contributed by atoms with Gasteiger partial charge in [-0.3, -0.25) is 14.9 Å². The molecule has 0 radical (unpaired) electrons. The molecule has 3 rings (SSSR count). The van der Waals surface area contributed by atoms with E-state index in [1.165, 1.54) is 29.8 Å². The Morgan fingerprint density at radius 3 is 2.84 bits per heavy atom. The van der Waals surface area contributed by atoms with E-state index >= 15 is 0 Å². The number of aryl methyl sites for hydroxylation is 1. The van der Waals surface area contributed by atoms with Gasteiger partial charge in [0.1, 0.15) is 16.9 Å². The molecule has 3 aromatic rings. The van der Waals surface area contributed by atoms with E-state index in [9.17, 15) is 9.59 Å². The zero-order valence-corrected chi connectivity index (χ0v) is 14.9. The molecule has 0 saturated heterocycles. The number of aromatic nitrogens is 2. The first kappa shape index (κ1) is 17.0. The van der Waals surface area contributed by atoms with Crippen LogP contribution in [-0.2, 0) is 4.79 Å². The number of anilines is 1. The molecule has 0 fully saturated rings. The van der Waals surface area contributed by atoms with Crippen LogP contribution in [-0.4, -0.2) is 16.1 Å². The highest BCUT2D eigenvalue weighted by Crippen LogP contribution is 2.22. The summed E-state index contributed by atoms with van der Waals surface area (Å²) in [5.41, 5.74) is 1.63. The third kappa shape index (κ3) is 3.83. The molecule has 2 aromatic heterocycles. The number of nitrogens with zero attached hydrogens (tertiary/aromatic N) is 2. The zero-order valence-electron chi connectivity index (χ0n) is 14.1. The normalized spacial score (nSPS) is 11.5. The van der Waals surface area contributed by atoms with Gasteiger partial charge in [-0.15, -0.1) is 10.2 Å². The zero-order chi connectivity index (χ0) is 18.0. The number of carbonyl (C=O) groups is 1. The fourth-order valence-corrected chi connectivity index (χ4v) is 2.95. The Bertz CT molecular complexity index is 1020. The van der Waals surface area contributed by atoms with E-state index in [0.717, 1.165) is 10.6 Å². The van der Waals surface area contributed by atoms with Crippen molar-refractivity contribution >= 4 is 39.4 Å². The van der Waals surface area contributed by atoms with Gasteiger partial charge in [0, 0.05) is 12.0 Å². The molecule has 128 valence electrons. The van der Waals surface area contributed by atoms with Crippen LogP contribution < -0.4 is 10.7 Å². The van der Waals surface area contributed by atoms with Gasteiger partial charge in [-0.25, -0.2) is 0 Å². The molecule has 1 N–H and O–H groups in total. The summed E-state index contributed by atoms with van der Waals surface area (Å²) in [6.07, 6.45) is 4.07.